The number of ether oxygens (including phenoxy) is 2. The minimum atomic E-state index is -1.21. The molecule has 442 valence electrons. The summed E-state index contributed by atoms with van der Waals surface area (Å²) < 4.78 is 31.5. The quantitative estimate of drug-likeness (QED) is 0.0449. The molecule has 1 aliphatic carbocycles. The van der Waals surface area contributed by atoms with E-state index in [9.17, 15) is 33.9 Å². The van der Waals surface area contributed by atoms with Crippen LogP contribution in [0.2, 0.25) is 0 Å². The Morgan fingerprint density at radius 3 is 2.49 bits per heavy atom. The highest BCUT2D eigenvalue weighted by molar-refractivity contribution is 7.10. The highest BCUT2D eigenvalue weighted by atomic mass is 32.1. The number of hydrogen-bond donors (Lipinski definition) is 4. The number of fused-ring (bicyclic) bond motifs is 2. The molecule has 84 heavy (non-hydrogen) atoms. The molecule has 3 aliphatic rings. The predicted molar refractivity (Wildman–Crippen MR) is 315 cm³/mol. The first-order valence-corrected chi connectivity index (χ1v) is 29.4. The maximum Gasteiger partial charge on any atom is 0.283 e. The van der Waals surface area contributed by atoms with Crippen LogP contribution in [0.15, 0.2) is 88.2 Å². The van der Waals surface area contributed by atoms with Crippen LogP contribution in [0.1, 0.15) is 123 Å². The highest BCUT2D eigenvalue weighted by Gasteiger charge is 2.50. The van der Waals surface area contributed by atoms with Crippen molar-refractivity contribution < 1.29 is 38.1 Å². The number of nitrogens with one attached hydrogen (secondary N) is 2. The first-order chi connectivity index (χ1) is 40.3. The van der Waals surface area contributed by atoms with Gasteiger partial charge in [-0.3, -0.25) is 33.4 Å². The number of thiazole rings is 1. The number of aliphatic hydroxyl groups excluding tert-OH is 1. The number of aliphatic hydroxyl groups is 1. The Morgan fingerprint density at radius 1 is 0.940 bits per heavy atom. The van der Waals surface area contributed by atoms with Gasteiger partial charge in [0.05, 0.1) is 68.6 Å². The van der Waals surface area contributed by atoms with Crippen molar-refractivity contribution in [2.75, 3.05) is 45.3 Å². The number of aromatic nitrogens is 7. The molecule has 23 heteroatoms. The van der Waals surface area contributed by atoms with E-state index >= 15 is 4.39 Å². The number of nitrogens with zero attached hydrogens (tertiary/aromatic N) is 9. The minimum Gasteiger partial charge on any atom is -0.491 e. The van der Waals surface area contributed by atoms with E-state index < -0.39 is 35.3 Å². The molecule has 5 aromatic heterocycles. The number of carbonyl (C=O) groups excluding carboxylic acids is 4. The lowest BCUT2D eigenvalue weighted by atomic mass is 9.69. The lowest BCUT2D eigenvalue weighted by Crippen LogP contribution is -2.63. The van der Waals surface area contributed by atoms with Crippen LogP contribution >= 0.6 is 11.3 Å². The molecule has 3 amide bonds. The predicted octanol–water partition coefficient (Wildman–Crippen LogP) is 6.85. The summed E-state index contributed by atoms with van der Waals surface area (Å²) in [6, 6.07) is 14.6. The molecule has 2 aromatic carbocycles. The summed E-state index contributed by atoms with van der Waals surface area (Å²) >= 11 is 1.35. The van der Waals surface area contributed by atoms with Crippen molar-refractivity contribution in [1.29, 1.82) is 0 Å². The summed E-state index contributed by atoms with van der Waals surface area (Å²) in [6.07, 6.45) is 10.9. The summed E-state index contributed by atoms with van der Waals surface area (Å²) in [5, 5.41) is 28.6. The molecule has 1 saturated heterocycles. The Labute approximate surface area is 489 Å². The van der Waals surface area contributed by atoms with E-state index in [0.29, 0.717) is 70.3 Å². The van der Waals surface area contributed by atoms with Gasteiger partial charge in [-0.25, -0.2) is 14.4 Å². The number of hydrogen-bond acceptors (Lipinski definition) is 16. The average Bonchev–Trinajstić information content (AvgIpc) is 1.85. The summed E-state index contributed by atoms with van der Waals surface area (Å²) in [5.41, 5.74) is 6.77. The largest absolute Gasteiger partial charge is 0.491 e. The summed E-state index contributed by atoms with van der Waals surface area (Å²) in [6.45, 7) is 9.18. The fourth-order valence-electron chi connectivity index (χ4n) is 11.9. The number of ketones is 1. The van der Waals surface area contributed by atoms with Gasteiger partial charge in [-0.1, -0.05) is 52.2 Å². The van der Waals surface area contributed by atoms with Gasteiger partial charge < -0.3 is 45.3 Å². The smallest absolute Gasteiger partial charge is 0.283 e. The number of benzene rings is 2. The number of primary amides is 1. The van der Waals surface area contributed by atoms with E-state index in [0.717, 1.165) is 48.9 Å². The molecule has 0 spiro atoms. The zero-order valence-electron chi connectivity index (χ0n) is 48.2. The molecule has 7 heterocycles. The maximum atomic E-state index is 15.6. The standard InChI is InChI=1S/C61H71FN12O9S/c1-60(2,3)40-26-38-31-66-74(57(79)51(38)45(62)29-40)54-44(34-75)43(17-19-65-54)39-28-46(56(78)70(6)32-39)67-49-30-41-33-71(21-22-73(41)69-49)50(76)18-23-82-24-25-83-42-15-10-14-37(27-42)53(77)47-35-84-55(68-47)48-16-11-20-72(48)58(80)52(36-12-8-7-9-13-36)61(4,64-5)59(63)81/h10,14-15,17,19,26-32,35-36,48,52,64,75H,7-9,11-13,16,18,20-25,33-34H2,1-6H3,(H2,63,81)(H,67,69)/t48-,52+,61?/m0/s1. The summed E-state index contributed by atoms with van der Waals surface area (Å²) in [7, 11) is 3.27. The van der Waals surface area contributed by atoms with Crippen molar-refractivity contribution in [3.05, 3.63) is 138 Å². The van der Waals surface area contributed by atoms with Gasteiger partial charge >= 0.3 is 0 Å². The van der Waals surface area contributed by atoms with Crippen LogP contribution in [-0.2, 0) is 51.3 Å². The second-order valence-corrected chi connectivity index (χ2v) is 24.0. The highest BCUT2D eigenvalue weighted by Crippen LogP contribution is 2.42. The number of nitrogens with two attached hydrogens (primary N) is 1. The average molecular weight is 1170 g/mol. The number of likely N-dealkylation sites (tertiary alicyclic amines) is 1. The summed E-state index contributed by atoms with van der Waals surface area (Å²) in [5.74, 6) is -1.47. The van der Waals surface area contributed by atoms with Gasteiger partial charge in [0, 0.05) is 66.1 Å². The Morgan fingerprint density at radius 2 is 1.74 bits per heavy atom. The fraction of sp³-hybridized carbons (Fsp3) is 0.443. The van der Waals surface area contributed by atoms with Gasteiger partial charge in [0.1, 0.15) is 40.1 Å². The van der Waals surface area contributed by atoms with E-state index in [1.54, 1.807) is 90.7 Å². The topological polar surface area (TPSA) is 264 Å². The van der Waals surface area contributed by atoms with Gasteiger partial charge in [-0.15, -0.1) is 11.3 Å². The third kappa shape index (κ3) is 12.0. The maximum absolute atomic E-state index is 15.6. The number of aryl methyl sites for hydroxylation is 1. The number of likely N-dealkylation sites (N-methyl/N-ethyl adjacent to an activating group) is 1. The minimum absolute atomic E-state index is 0.00822. The zero-order valence-corrected chi connectivity index (χ0v) is 49.0. The van der Waals surface area contributed by atoms with Crippen LogP contribution in [0.3, 0.4) is 0 Å². The Balaban J connectivity index is 0.714. The molecule has 10 rings (SSSR count). The fourth-order valence-corrected chi connectivity index (χ4v) is 12.8. The second-order valence-electron chi connectivity index (χ2n) is 23.1. The Bertz CT molecular complexity index is 3770. The lowest BCUT2D eigenvalue weighted by Gasteiger charge is -2.42. The van der Waals surface area contributed by atoms with Gasteiger partial charge in [-0.2, -0.15) is 14.9 Å². The third-order valence-corrected chi connectivity index (χ3v) is 17.6. The molecule has 1 saturated carbocycles. The Kier molecular flexibility index (Phi) is 17.4. The number of halogens is 1. The van der Waals surface area contributed by atoms with Gasteiger partial charge in [0.15, 0.2) is 11.6 Å². The van der Waals surface area contributed by atoms with Crippen LogP contribution < -0.4 is 32.2 Å². The van der Waals surface area contributed by atoms with Crippen LogP contribution in [0, 0.1) is 17.7 Å². The molecular weight excluding hydrogens is 1100 g/mol. The van der Waals surface area contributed by atoms with Crippen molar-refractivity contribution in [1.82, 2.24) is 49.2 Å². The van der Waals surface area contributed by atoms with Crippen LogP contribution in [0.5, 0.6) is 5.75 Å². The zero-order chi connectivity index (χ0) is 59.6. The number of anilines is 2. The molecule has 21 nitrogen and oxygen atoms in total. The first kappa shape index (κ1) is 59.2. The van der Waals surface area contributed by atoms with Crippen molar-refractivity contribution in [2.24, 2.45) is 24.6 Å². The first-order valence-electron chi connectivity index (χ1n) is 28.5. The van der Waals surface area contributed by atoms with E-state index in [1.165, 1.54) is 34.4 Å². The molecule has 5 N–H and O–H groups in total. The van der Waals surface area contributed by atoms with Gasteiger partial charge in [0.2, 0.25) is 23.5 Å². The van der Waals surface area contributed by atoms with E-state index in [2.05, 4.69) is 25.8 Å². The van der Waals surface area contributed by atoms with Crippen molar-refractivity contribution in [3.8, 4) is 22.7 Å². The number of rotatable bonds is 20. The molecule has 2 fully saturated rings. The number of pyridine rings is 2. The molecule has 1 unspecified atom stereocenters. The third-order valence-electron chi connectivity index (χ3n) is 16.7. The number of amides is 3. The molecule has 0 radical (unpaired) electrons. The normalized spacial score (nSPS) is 16.8. The second kappa shape index (κ2) is 24.7. The van der Waals surface area contributed by atoms with Crippen LogP contribution in [0.25, 0.3) is 27.7 Å². The molecular formula is C61H71FN12O9S. The van der Waals surface area contributed by atoms with Crippen molar-refractivity contribution in [2.45, 2.75) is 116 Å². The van der Waals surface area contributed by atoms with Gasteiger partial charge in [0.25, 0.3) is 11.1 Å². The van der Waals surface area contributed by atoms with Crippen molar-refractivity contribution >= 4 is 57.1 Å². The molecule has 3 atom stereocenters. The van der Waals surface area contributed by atoms with Crippen LogP contribution in [0.4, 0.5) is 15.9 Å². The van der Waals surface area contributed by atoms with Crippen molar-refractivity contribution in [3.63, 3.8) is 0 Å². The van der Waals surface area contributed by atoms with E-state index in [1.807, 2.05) is 25.7 Å². The lowest BCUT2D eigenvalue weighted by molar-refractivity contribution is -0.147. The summed E-state index contributed by atoms with van der Waals surface area (Å²) in [4.78, 5) is 94.7. The van der Waals surface area contributed by atoms with Gasteiger partial charge in [-0.05, 0) is 98.5 Å². The van der Waals surface area contributed by atoms with E-state index in [4.69, 9.17) is 20.2 Å². The SMILES string of the molecule is CNC(C)(C(N)=O)[C@@H](C(=O)N1CCC[C@H]1c1nc(C(=O)c2cccc(OCCOCCC(=O)N3CCn4nc(Nc5cc(-c6ccnc(-n7ncc8cc(C(C)(C)C)cc(F)c8c7=O)c6CO)cn(C)c5=O)cc4C3)c2)cs1)C1CCCCC1. The van der Waals surface area contributed by atoms with E-state index in [-0.39, 0.29) is 101 Å². The molecule has 7 aromatic rings. The Hall–Kier alpha value is -7.99. The monoisotopic (exact) mass is 1170 g/mol. The molecule has 0 bridgehead atoms. The number of carbonyl (C=O) groups is 4. The van der Waals surface area contributed by atoms with Crippen LogP contribution in [-0.4, -0.2) is 118 Å². The molecule has 2 aliphatic heterocycles.